The number of hydrogen-bond acceptors (Lipinski definition) is 6. The molecule has 0 spiro atoms. The Bertz CT molecular complexity index is 1170. The number of rotatable bonds is 11. The second kappa shape index (κ2) is 11.8. The van der Waals surface area contributed by atoms with Gasteiger partial charge in [-0.2, -0.15) is 0 Å². The molecular weight excluding hydrogens is 468 g/mol. The zero-order chi connectivity index (χ0) is 26.5. The summed E-state index contributed by atoms with van der Waals surface area (Å²) in [6.07, 6.45) is 2.39. The summed E-state index contributed by atoms with van der Waals surface area (Å²) in [5, 5.41) is 11.5. The van der Waals surface area contributed by atoms with Gasteiger partial charge in [-0.1, -0.05) is 32.9 Å². The molecule has 2 atom stereocenters. The summed E-state index contributed by atoms with van der Waals surface area (Å²) in [5.74, 6) is 0.0752. The van der Waals surface area contributed by atoms with Crippen molar-refractivity contribution < 1.29 is 24.2 Å². The van der Waals surface area contributed by atoms with E-state index in [1.165, 1.54) is 0 Å². The van der Waals surface area contributed by atoms with Gasteiger partial charge in [0.2, 0.25) is 0 Å². The van der Waals surface area contributed by atoms with Crippen LogP contribution in [0.1, 0.15) is 63.3 Å². The second-order valence-electron chi connectivity index (χ2n) is 9.75. The number of ketones is 1. The van der Waals surface area contributed by atoms with Gasteiger partial charge >= 0.3 is 0 Å². The number of carbonyl (C=O) groups excluding carboxylic acids is 2. The molecule has 2 aliphatic heterocycles. The molecular formula is C30H38N2O5. The fourth-order valence-electron chi connectivity index (χ4n) is 5.18. The molecule has 0 aromatic heterocycles. The van der Waals surface area contributed by atoms with E-state index in [0.29, 0.717) is 24.5 Å². The van der Waals surface area contributed by atoms with Crippen LogP contribution in [-0.2, 0) is 16.0 Å². The summed E-state index contributed by atoms with van der Waals surface area (Å²) in [6.45, 7) is 11.9. The van der Waals surface area contributed by atoms with Crippen molar-refractivity contribution in [3.63, 3.8) is 0 Å². The Morgan fingerprint density at radius 1 is 1.14 bits per heavy atom. The van der Waals surface area contributed by atoms with E-state index >= 15 is 0 Å². The number of nitrogens with zero attached hydrogens (tertiary/aromatic N) is 2. The van der Waals surface area contributed by atoms with Gasteiger partial charge in [-0.15, -0.1) is 0 Å². The number of carbonyl (C=O) groups is 2. The van der Waals surface area contributed by atoms with E-state index in [9.17, 15) is 14.7 Å². The molecule has 0 bridgehead atoms. The van der Waals surface area contributed by atoms with Gasteiger partial charge in [-0.3, -0.25) is 9.59 Å². The van der Waals surface area contributed by atoms with Crippen molar-refractivity contribution in [2.75, 3.05) is 32.8 Å². The number of fused-ring (bicyclic) bond motifs is 1. The van der Waals surface area contributed by atoms with Gasteiger partial charge in [-0.25, -0.2) is 0 Å². The molecule has 1 fully saturated rings. The minimum Gasteiger partial charge on any atom is -0.507 e. The molecule has 2 aromatic rings. The Morgan fingerprint density at radius 3 is 2.65 bits per heavy atom. The third kappa shape index (κ3) is 5.67. The lowest BCUT2D eigenvalue weighted by Crippen LogP contribution is -2.33. The lowest BCUT2D eigenvalue weighted by molar-refractivity contribution is -0.140. The lowest BCUT2D eigenvalue weighted by atomic mass is 9.94. The van der Waals surface area contributed by atoms with Crippen molar-refractivity contribution in [2.24, 2.45) is 0 Å². The smallest absolute Gasteiger partial charge is 0.295 e. The van der Waals surface area contributed by atoms with Gasteiger partial charge in [0.25, 0.3) is 11.7 Å². The van der Waals surface area contributed by atoms with Crippen molar-refractivity contribution in [3.8, 4) is 11.5 Å². The Balaban J connectivity index is 1.74. The number of amides is 1. The minimum atomic E-state index is -0.690. The molecule has 198 valence electrons. The summed E-state index contributed by atoms with van der Waals surface area (Å²) in [5.41, 5.74) is 2.36. The van der Waals surface area contributed by atoms with Gasteiger partial charge in [0.1, 0.15) is 23.4 Å². The minimum absolute atomic E-state index is 0.0645. The zero-order valence-corrected chi connectivity index (χ0v) is 22.3. The van der Waals surface area contributed by atoms with Crippen LogP contribution in [0.3, 0.4) is 0 Å². The third-order valence-electron chi connectivity index (χ3n) is 7.12. The summed E-state index contributed by atoms with van der Waals surface area (Å²) in [6, 6.07) is 12.2. The predicted molar refractivity (Wildman–Crippen MR) is 144 cm³/mol. The van der Waals surface area contributed by atoms with Crippen LogP contribution in [0.4, 0.5) is 0 Å². The van der Waals surface area contributed by atoms with E-state index in [4.69, 9.17) is 9.47 Å². The first kappa shape index (κ1) is 26.7. The first-order chi connectivity index (χ1) is 17.9. The van der Waals surface area contributed by atoms with E-state index in [2.05, 4.69) is 18.7 Å². The van der Waals surface area contributed by atoms with Crippen LogP contribution in [0.15, 0.2) is 48.0 Å². The number of aliphatic hydroxyl groups excluding tert-OH is 1. The lowest BCUT2D eigenvalue weighted by Gasteiger charge is -2.27. The molecule has 7 heteroatoms. The number of hydrogen-bond donors (Lipinski definition) is 1. The maximum atomic E-state index is 13.4. The number of likely N-dealkylation sites (tertiary alicyclic amines) is 1. The molecule has 1 saturated heterocycles. The Hall–Kier alpha value is -3.32. The number of benzene rings is 2. The van der Waals surface area contributed by atoms with Crippen LogP contribution < -0.4 is 9.47 Å². The number of ether oxygens (including phenoxy) is 2. The summed E-state index contributed by atoms with van der Waals surface area (Å²) >= 11 is 0. The molecule has 0 radical (unpaired) electrons. The first-order valence-corrected chi connectivity index (χ1v) is 13.4. The summed E-state index contributed by atoms with van der Waals surface area (Å²) < 4.78 is 11.6. The Morgan fingerprint density at radius 2 is 1.92 bits per heavy atom. The third-order valence-corrected chi connectivity index (χ3v) is 7.12. The maximum Gasteiger partial charge on any atom is 0.295 e. The van der Waals surface area contributed by atoms with E-state index in [0.717, 1.165) is 55.8 Å². The zero-order valence-electron chi connectivity index (χ0n) is 22.3. The molecule has 7 nitrogen and oxygen atoms in total. The highest BCUT2D eigenvalue weighted by Gasteiger charge is 2.46. The summed E-state index contributed by atoms with van der Waals surface area (Å²) in [7, 11) is 0. The van der Waals surface area contributed by atoms with Crippen LogP contribution in [0, 0.1) is 0 Å². The van der Waals surface area contributed by atoms with E-state index in [-0.39, 0.29) is 17.4 Å². The van der Waals surface area contributed by atoms with Crippen LogP contribution in [0.25, 0.3) is 5.76 Å². The second-order valence-corrected chi connectivity index (χ2v) is 9.75. The van der Waals surface area contributed by atoms with E-state index < -0.39 is 17.7 Å². The standard InChI is InChI=1S/C30H38N2O5/c1-5-16-36-24-11-8-10-21(19-24)27-26(28(33)22-12-13-25-23(18-22)17-20(4)37-25)29(34)30(35)32(27)15-9-14-31(6-2)7-3/h8,10-13,18-20,27,33H,5-7,9,14-17H2,1-4H3/t20-,27-/m1/s1. The fraction of sp³-hybridized carbons (Fsp3) is 0.467. The Kier molecular flexibility index (Phi) is 8.54. The number of Topliss-reactive ketones (excluding diaryl/α,β-unsaturated/α-hetero) is 1. The molecule has 2 heterocycles. The highest BCUT2D eigenvalue weighted by atomic mass is 16.5. The predicted octanol–water partition coefficient (Wildman–Crippen LogP) is 4.95. The molecule has 37 heavy (non-hydrogen) atoms. The molecule has 2 aliphatic rings. The van der Waals surface area contributed by atoms with E-state index in [1.807, 2.05) is 50.2 Å². The molecule has 4 rings (SSSR count). The first-order valence-electron chi connectivity index (χ1n) is 13.4. The SMILES string of the molecule is CCCOc1cccc([C@@H]2C(=C(O)c3ccc4c(c3)C[C@@H](C)O4)C(=O)C(=O)N2CCCN(CC)CC)c1. The van der Waals surface area contributed by atoms with Crippen molar-refractivity contribution in [2.45, 2.75) is 59.1 Å². The number of aliphatic hydroxyl groups is 1. The van der Waals surface area contributed by atoms with Crippen molar-refractivity contribution >= 4 is 17.4 Å². The molecule has 1 N–H and O–H groups in total. The van der Waals surface area contributed by atoms with Crippen LogP contribution >= 0.6 is 0 Å². The average molecular weight is 507 g/mol. The largest absolute Gasteiger partial charge is 0.507 e. The normalized spacial score (nSPS) is 20.4. The van der Waals surface area contributed by atoms with Crippen LogP contribution in [-0.4, -0.2) is 65.5 Å². The van der Waals surface area contributed by atoms with Crippen molar-refractivity contribution in [3.05, 3.63) is 64.7 Å². The summed E-state index contributed by atoms with van der Waals surface area (Å²) in [4.78, 5) is 30.6. The molecule has 1 amide bonds. The monoisotopic (exact) mass is 506 g/mol. The van der Waals surface area contributed by atoms with Gasteiger partial charge in [0.15, 0.2) is 0 Å². The topological polar surface area (TPSA) is 79.3 Å². The Labute approximate surface area is 219 Å². The van der Waals surface area contributed by atoms with Gasteiger partial charge in [0, 0.05) is 18.5 Å². The molecule has 0 aliphatic carbocycles. The van der Waals surface area contributed by atoms with E-state index in [1.54, 1.807) is 11.0 Å². The van der Waals surface area contributed by atoms with Gasteiger partial charge < -0.3 is 24.4 Å². The maximum absolute atomic E-state index is 13.4. The molecule has 0 unspecified atom stereocenters. The quantitative estimate of drug-likeness (QED) is 0.264. The van der Waals surface area contributed by atoms with Gasteiger partial charge in [-0.05, 0) is 80.9 Å². The van der Waals surface area contributed by atoms with Crippen molar-refractivity contribution in [1.29, 1.82) is 0 Å². The highest BCUT2D eigenvalue weighted by Crippen LogP contribution is 2.41. The van der Waals surface area contributed by atoms with Crippen molar-refractivity contribution in [1.82, 2.24) is 9.80 Å². The van der Waals surface area contributed by atoms with Crippen LogP contribution in [0.5, 0.6) is 11.5 Å². The van der Waals surface area contributed by atoms with Crippen LogP contribution in [0.2, 0.25) is 0 Å². The molecule has 0 saturated carbocycles. The van der Waals surface area contributed by atoms with Gasteiger partial charge in [0.05, 0.1) is 18.2 Å². The average Bonchev–Trinajstić information content (AvgIpc) is 3.40. The highest BCUT2D eigenvalue weighted by molar-refractivity contribution is 6.46. The fourth-order valence-corrected chi connectivity index (χ4v) is 5.18. The molecule has 2 aromatic carbocycles.